The van der Waals surface area contributed by atoms with Gasteiger partial charge < -0.3 is 10.1 Å². The molecule has 0 saturated carbocycles. The highest BCUT2D eigenvalue weighted by Crippen LogP contribution is 2.27. The van der Waals surface area contributed by atoms with Crippen molar-refractivity contribution in [3.63, 3.8) is 0 Å². The van der Waals surface area contributed by atoms with E-state index in [0.717, 1.165) is 16.2 Å². The van der Waals surface area contributed by atoms with Gasteiger partial charge in [0.2, 0.25) is 0 Å². The number of ether oxygens (including phenoxy) is 1. The molecule has 5 nitrogen and oxygen atoms in total. The summed E-state index contributed by atoms with van der Waals surface area (Å²) in [5, 5.41) is 5.66. The van der Waals surface area contributed by atoms with E-state index in [1.165, 1.54) is 0 Å². The molecule has 8 heteroatoms. The summed E-state index contributed by atoms with van der Waals surface area (Å²) >= 11 is 13.5. The van der Waals surface area contributed by atoms with E-state index in [1.54, 1.807) is 29.5 Å². The van der Waals surface area contributed by atoms with E-state index in [4.69, 9.17) is 27.9 Å². The second kappa shape index (κ2) is 7.60. The highest BCUT2D eigenvalue weighted by Gasteiger charge is 2.09. The molecule has 0 aliphatic heterocycles. The number of hydrogen-bond donors (Lipinski definition) is 1. The SMILES string of the molecule is O=C(COc1cc(Cl)ccc1Cl)Nc1ccc(-c2cn3ccsc3n2)cc1. The van der Waals surface area contributed by atoms with Crippen LogP contribution in [0.5, 0.6) is 5.75 Å². The fraction of sp³-hybridized carbons (Fsp3) is 0.0526. The van der Waals surface area contributed by atoms with Gasteiger partial charge in [-0.1, -0.05) is 35.3 Å². The molecule has 0 atom stereocenters. The standard InChI is InChI=1S/C19H13Cl2N3O2S/c20-13-3-6-15(21)17(9-13)26-11-18(25)22-14-4-1-12(2-5-14)16-10-24-7-8-27-19(24)23-16/h1-10H,11H2,(H,22,25). The normalized spacial score (nSPS) is 10.9. The van der Waals surface area contributed by atoms with Crippen molar-refractivity contribution in [1.82, 2.24) is 9.38 Å². The van der Waals surface area contributed by atoms with Gasteiger partial charge in [-0.25, -0.2) is 4.98 Å². The molecule has 0 saturated heterocycles. The van der Waals surface area contributed by atoms with E-state index >= 15 is 0 Å². The summed E-state index contributed by atoms with van der Waals surface area (Å²) in [4.78, 5) is 17.6. The largest absolute Gasteiger partial charge is 0.482 e. The Kier molecular flexibility index (Phi) is 5.03. The molecule has 2 heterocycles. The lowest BCUT2D eigenvalue weighted by Crippen LogP contribution is -2.20. The second-order valence-electron chi connectivity index (χ2n) is 5.71. The number of nitrogens with one attached hydrogen (secondary N) is 1. The maximum Gasteiger partial charge on any atom is 0.262 e. The van der Waals surface area contributed by atoms with Crippen molar-refractivity contribution < 1.29 is 9.53 Å². The van der Waals surface area contributed by atoms with Gasteiger partial charge in [-0.2, -0.15) is 0 Å². The third-order valence-electron chi connectivity index (χ3n) is 3.81. The molecule has 0 aliphatic carbocycles. The third kappa shape index (κ3) is 4.08. The van der Waals surface area contributed by atoms with Crippen LogP contribution in [-0.4, -0.2) is 21.9 Å². The molecule has 0 unspecified atom stereocenters. The first kappa shape index (κ1) is 17.9. The van der Waals surface area contributed by atoms with Crippen LogP contribution < -0.4 is 10.1 Å². The number of imidazole rings is 1. The fourth-order valence-electron chi connectivity index (χ4n) is 2.52. The number of hydrogen-bond acceptors (Lipinski definition) is 4. The average Bonchev–Trinajstić information content (AvgIpc) is 3.25. The molecule has 0 radical (unpaired) electrons. The monoisotopic (exact) mass is 417 g/mol. The quantitative estimate of drug-likeness (QED) is 0.473. The van der Waals surface area contributed by atoms with E-state index in [1.807, 2.05) is 46.4 Å². The predicted octanol–water partition coefficient (Wildman–Crippen LogP) is 5.39. The van der Waals surface area contributed by atoms with Crippen LogP contribution >= 0.6 is 34.5 Å². The number of carbonyl (C=O) groups is 1. The first-order valence-electron chi connectivity index (χ1n) is 7.99. The number of aromatic nitrogens is 2. The lowest BCUT2D eigenvalue weighted by atomic mass is 10.1. The van der Waals surface area contributed by atoms with Gasteiger partial charge in [-0.3, -0.25) is 9.20 Å². The average molecular weight is 418 g/mol. The van der Waals surface area contributed by atoms with Gasteiger partial charge in [0.1, 0.15) is 5.75 Å². The van der Waals surface area contributed by atoms with Crippen LogP contribution in [0, 0.1) is 0 Å². The molecule has 0 bridgehead atoms. The smallest absolute Gasteiger partial charge is 0.262 e. The minimum Gasteiger partial charge on any atom is -0.482 e. The first-order chi connectivity index (χ1) is 13.1. The second-order valence-corrected chi connectivity index (χ2v) is 7.42. The molecule has 4 rings (SSSR count). The number of fused-ring (bicyclic) bond motifs is 1. The Bertz CT molecular complexity index is 1080. The summed E-state index contributed by atoms with van der Waals surface area (Å²) in [6, 6.07) is 12.3. The van der Waals surface area contributed by atoms with E-state index in [2.05, 4.69) is 10.3 Å². The maximum absolute atomic E-state index is 12.1. The molecular weight excluding hydrogens is 405 g/mol. The Morgan fingerprint density at radius 1 is 1.19 bits per heavy atom. The van der Waals surface area contributed by atoms with Crippen LogP contribution in [0.4, 0.5) is 5.69 Å². The van der Waals surface area contributed by atoms with Gasteiger partial charge in [0.25, 0.3) is 5.91 Å². The summed E-state index contributed by atoms with van der Waals surface area (Å²) in [5.41, 5.74) is 2.54. The van der Waals surface area contributed by atoms with Crippen molar-refractivity contribution in [2.45, 2.75) is 0 Å². The molecule has 1 amide bonds. The summed E-state index contributed by atoms with van der Waals surface area (Å²) in [7, 11) is 0. The Hall–Kier alpha value is -2.54. The number of halogens is 2. The lowest BCUT2D eigenvalue weighted by Gasteiger charge is -2.09. The molecule has 2 aromatic heterocycles. The summed E-state index contributed by atoms with van der Waals surface area (Å²) in [6.07, 6.45) is 3.94. The molecule has 27 heavy (non-hydrogen) atoms. The minimum absolute atomic E-state index is 0.168. The van der Waals surface area contributed by atoms with Crippen LogP contribution in [0.25, 0.3) is 16.2 Å². The summed E-state index contributed by atoms with van der Waals surface area (Å²) in [5.74, 6) is 0.0794. The van der Waals surface area contributed by atoms with Crippen LogP contribution in [0.3, 0.4) is 0 Å². The number of nitrogens with zero attached hydrogens (tertiary/aromatic N) is 2. The van der Waals surface area contributed by atoms with Gasteiger partial charge in [0.15, 0.2) is 11.6 Å². The molecular formula is C19H13Cl2N3O2S. The molecule has 4 aromatic rings. The van der Waals surface area contributed by atoms with Crippen LogP contribution in [0.2, 0.25) is 10.0 Å². The van der Waals surface area contributed by atoms with Gasteiger partial charge >= 0.3 is 0 Å². The van der Waals surface area contributed by atoms with Crippen LogP contribution in [-0.2, 0) is 4.79 Å². The molecule has 0 aliphatic rings. The number of thiazole rings is 1. The number of benzene rings is 2. The zero-order chi connectivity index (χ0) is 18.8. The van der Waals surface area contributed by atoms with E-state index < -0.39 is 0 Å². The number of anilines is 1. The molecule has 2 aromatic carbocycles. The van der Waals surface area contributed by atoms with Crippen molar-refractivity contribution >= 4 is 51.1 Å². The molecule has 1 N–H and O–H groups in total. The Morgan fingerprint density at radius 3 is 2.78 bits per heavy atom. The van der Waals surface area contributed by atoms with E-state index in [-0.39, 0.29) is 12.5 Å². The van der Waals surface area contributed by atoms with Crippen molar-refractivity contribution in [1.29, 1.82) is 0 Å². The molecule has 136 valence electrons. The lowest BCUT2D eigenvalue weighted by molar-refractivity contribution is -0.118. The van der Waals surface area contributed by atoms with Gasteiger partial charge in [0, 0.05) is 40.1 Å². The number of amides is 1. The van der Waals surface area contributed by atoms with Crippen molar-refractivity contribution in [3.8, 4) is 17.0 Å². The number of rotatable bonds is 5. The van der Waals surface area contributed by atoms with E-state index in [9.17, 15) is 4.79 Å². The topological polar surface area (TPSA) is 55.6 Å². The number of carbonyl (C=O) groups excluding carboxylic acids is 1. The highest BCUT2D eigenvalue weighted by molar-refractivity contribution is 7.15. The summed E-state index contributed by atoms with van der Waals surface area (Å²) in [6.45, 7) is -0.168. The Balaban J connectivity index is 1.38. The van der Waals surface area contributed by atoms with Crippen molar-refractivity contribution in [2.75, 3.05) is 11.9 Å². The molecule has 0 fully saturated rings. The molecule has 0 spiro atoms. The van der Waals surface area contributed by atoms with E-state index in [0.29, 0.717) is 21.5 Å². The Labute approximate surface area is 169 Å². The van der Waals surface area contributed by atoms with Crippen molar-refractivity contribution in [3.05, 3.63) is 70.3 Å². The van der Waals surface area contributed by atoms with Gasteiger partial charge in [0.05, 0.1) is 10.7 Å². The van der Waals surface area contributed by atoms with Crippen LogP contribution in [0.15, 0.2) is 60.2 Å². The fourth-order valence-corrected chi connectivity index (χ4v) is 3.55. The predicted molar refractivity (Wildman–Crippen MR) is 109 cm³/mol. The first-order valence-corrected chi connectivity index (χ1v) is 9.62. The Morgan fingerprint density at radius 2 is 2.00 bits per heavy atom. The summed E-state index contributed by atoms with van der Waals surface area (Å²) < 4.78 is 7.41. The maximum atomic E-state index is 12.1. The van der Waals surface area contributed by atoms with Gasteiger partial charge in [-0.05, 0) is 24.3 Å². The zero-order valence-corrected chi connectivity index (χ0v) is 16.2. The van der Waals surface area contributed by atoms with Crippen LogP contribution in [0.1, 0.15) is 0 Å². The van der Waals surface area contributed by atoms with Gasteiger partial charge in [-0.15, -0.1) is 11.3 Å². The highest BCUT2D eigenvalue weighted by atomic mass is 35.5. The van der Waals surface area contributed by atoms with Crippen molar-refractivity contribution in [2.24, 2.45) is 0 Å². The zero-order valence-electron chi connectivity index (χ0n) is 13.9. The minimum atomic E-state index is -0.290. The third-order valence-corrected chi connectivity index (χ3v) is 5.13.